The molecule has 0 spiro atoms. The van der Waals surface area contributed by atoms with E-state index in [9.17, 15) is 4.79 Å². The first-order chi connectivity index (χ1) is 6.27. The SMILES string of the molecule is [NH]C(=O)Nn1nnc2ccccc21. The van der Waals surface area contributed by atoms with Gasteiger partial charge in [0.15, 0.2) is 0 Å². The Labute approximate surface area is 73.3 Å². The van der Waals surface area contributed by atoms with Crippen molar-refractivity contribution in [1.29, 1.82) is 0 Å². The number of carbonyl (C=O) groups is 1. The Morgan fingerprint density at radius 3 is 3.00 bits per heavy atom. The minimum Gasteiger partial charge on any atom is -0.246 e. The first-order valence-corrected chi connectivity index (χ1v) is 3.60. The number of para-hydroxylation sites is 1. The second-order valence-corrected chi connectivity index (χ2v) is 2.43. The fourth-order valence-corrected chi connectivity index (χ4v) is 1.05. The van der Waals surface area contributed by atoms with E-state index in [0.717, 1.165) is 0 Å². The molecule has 0 saturated heterocycles. The quantitative estimate of drug-likeness (QED) is 0.681. The molecule has 0 fully saturated rings. The Hall–Kier alpha value is -2.11. The van der Waals surface area contributed by atoms with Gasteiger partial charge in [0.1, 0.15) is 11.0 Å². The number of fused-ring (bicyclic) bond motifs is 1. The number of urea groups is 1. The number of carbonyl (C=O) groups excluding carboxylic acids is 1. The van der Waals surface area contributed by atoms with Gasteiger partial charge in [-0.1, -0.05) is 12.1 Å². The van der Waals surface area contributed by atoms with Gasteiger partial charge in [-0.25, -0.2) is 16.0 Å². The summed E-state index contributed by atoms with van der Waals surface area (Å²) >= 11 is 0. The lowest BCUT2D eigenvalue weighted by atomic mass is 10.3. The van der Waals surface area contributed by atoms with Gasteiger partial charge >= 0.3 is 6.03 Å². The van der Waals surface area contributed by atoms with Crippen LogP contribution in [0.1, 0.15) is 0 Å². The highest BCUT2D eigenvalue weighted by atomic mass is 16.2. The first-order valence-electron chi connectivity index (χ1n) is 3.60. The van der Waals surface area contributed by atoms with E-state index in [1.165, 1.54) is 4.79 Å². The number of nitrogens with one attached hydrogen (secondary N) is 2. The smallest absolute Gasteiger partial charge is 0.246 e. The van der Waals surface area contributed by atoms with Crippen LogP contribution in [0.3, 0.4) is 0 Å². The van der Waals surface area contributed by atoms with Crippen molar-refractivity contribution in [2.45, 2.75) is 0 Å². The highest BCUT2D eigenvalue weighted by Crippen LogP contribution is 2.07. The molecule has 1 heterocycles. The van der Waals surface area contributed by atoms with Crippen LogP contribution in [0.25, 0.3) is 11.0 Å². The van der Waals surface area contributed by atoms with Crippen molar-refractivity contribution in [3.05, 3.63) is 24.3 Å². The predicted molar refractivity (Wildman–Crippen MR) is 45.4 cm³/mol. The van der Waals surface area contributed by atoms with Crippen LogP contribution in [0.5, 0.6) is 0 Å². The highest BCUT2D eigenvalue weighted by molar-refractivity contribution is 5.82. The second-order valence-electron chi connectivity index (χ2n) is 2.43. The summed E-state index contributed by atoms with van der Waals surface area (Å²) in [4.78, 5) is 11.6. The van der Waals surface area contributed by atoms with Crippen molar-refractivity contribution in [2.24, 2.45) is 0 Å². The molecule has 0 aliphatic heterocycles. The summed E-state index contributed by atoms with van der Waals surface area (Å²) < 4.78 is 0. The van der Waals surface area contributed by atoms with E-state index in [0.29, 0.717) is 11.0 Å². The zero-order valence-electron chi connectivity index (χ0n) is 6.56. The Morgan fingerprint density at radius 2 is 2.23 bits per heavy atom. The fraction of sp³-hybridized carbons (Fsp3) is 0. The zero-order chi connectivity index (χ0) is 9.26. The number of benzene rings is 1. The molecule has 6 heteroatoms. The molecule has 65 valence electrons. The van der Waals surface area contributed by atoms with Crippen molar-refractivity contribution in [1.82, 2.24) is 20.8 Å². The Morgan fingerprint density at radius 1 is 1.46 bits per heavy atom. The molecule has 0 aliphatic rings. The van der Waals surface area contributed by atoms with Gasteiger partial charge in [-0.15, -0.1) is 9.89 Å². The molecule has 2 N–H and O–H groups in total. The third kappa shape index (κ3) is 1.28. The number of aromatic nitrogens is 3. The summed E-state index contributed by atoms with van der Waals surface area (Å²) in [5.41, 5.74) is 10.2. The van der Waals surface area contributed by atoms with Gasteiger partial charge in [0, 0.05) is 0 Å². The molecule has 0 unspecified atom stereocenters. The molecule has 1 aromatic heterocycles. The van der Waals surface area contributed by atoms with Gasteiger partial charge in [-0.05, 0) is 17.3 Å². The van der Waals surface area contributed by atoms with E-state index in [2.05, 4.69) is 15.7 Å². The maximum atomic E-state index is 10.4. The van der Waals surface area contributed by atoms with Crippen molar-refractivity contribution in [3.63, 3.8) is 0 Å². The van der Waals surface area contributed by atoms with Gasteiger partial charge in [0.2, 0.25) is 0 Å². The minimum atomic E-state index is -0.921. The molecule has 6 nitrogen and oxygen atoms in total. The summed E-state index contributed by atoms with van der Waals surface area (Å²) in [7, 11) is 0. The molecular weight excluding hydrogens is 170 g/mol. The zero-order valence-corrected chi connectivity index (χ0v) is 6.56. The normalized spacial score (nSPS) is 10.2. The number of hydrogen-bond donors (Lipinski definition) is 1. The summed E-state index contributed by atoms with van der Waals surface area (Å²) in [6.07, 6.45) is 0. The average molecular weight is 176 g/mol. The van der Waals surface area contributed by atoms with E-state index >= 15 is 0 Å². The minimum absolute atomic E-state index is 0.670. The first kappa shape index (κ1) is 7.53. The standard InChI is InChI=1S/C7H6N5O/c8-7(13)10-12-6-4-2-1-3-5(6)9-11-12/h1-4,8H,(H,10,13). The Kier molecular flexibility index (Phi) is 1.59. The monoisotopic (exact) mass is 176 g/mol. The third-order valence-corrected chi connectivity index (χ3v) is 1.56. The number of amides is 2. The number of hydrogen-bond acceptors (Lipinski definition) is 3. The largest absolute Gasteiger partial charge is 0.353 e. The van der Waals surface area contributed by atoms with E-state index in [1.807, 2.05) is 6.07 Å². The van der Waals surface area contributed by atoms with Crippen LogP contribution < -0.4 is 11.2 Å². The van der Waals surface area contributed by atoms with Crippen molar-refractivity contribution in [3.8, 4) is 0 Å². The summed E-state index contributed by atoms with van der Waals surface area (Å²) in [5, 5.41) is 7.44. The second kappa shape index (κ2) is 2.74. The Bertz CT molecular complexity index is 449. The van der Waals surface area contributed by atoms with Crippen LogP contribution in [0.15, 0.2) is 24.3 Å². The predicted octanol–water partition coefficient (Wildman–Crippen LogP) is 0.378. The van der Waals surface area contributed by atoms with Crippen LogP contribution in [-0.2, 0) is 0 Å². The lowest BCUT2D eigenvalue weighted by Crippen LogP contribution is -2.22. The van der Waals surface area contributed by atoms with E-state index < -0.39 is 6.03 Å². The molecular formula is C7H6N5O. The van der Waals surface area contributed by atoms with Crippen LogP contribution in [0.4, 0.5) is 4.79 Å². The van der Waals surface area contributed by atoms with Gasteiger partial charge in [0.05, 0.1) is 0 Å². The maximum Gasteiger partial charge on any atom is 0.353 e. The van der Waals surface area contributed by atoms with Crippen LogP contribution in [0.2, 0.25) is 0 Å². The van der Waals surface area contributed by atoms with Crippen LogP contribution in [-0.4, -0.2) is 21.1 Å². The Balaban J connectivity index is 2.51. The summed E-state index contributed by atoms with van der Waals surface area (Å²) in [6.45, 7) is 0. The number of nitrogens with zero attached hydrogens (tertiary/aromatic N) is 3. The van der Waals surface area contributed by atoms with E-state index in [1.54, 1.807) is 18.2 Å². The van der Waals surface area contributed by atoms with Crippen molar-refractivity contribution >= 4 is 17.1 Å². The van der Waals surface area contributed by atoms with Crippen LogP contribution >= 0.6 is 0 Å². The summed E-state index contributed by atoms with van der Waals surface area (Å²) in [5.74, 6) is 0. The summed E-state index contributed by atoms with van der Waals surface area (Å²) in [6, 6.07) is 6.23. The van der Waals surface area contributed by atoms with E-state index in [-0.39, 0.29) is 0 Å². The fourth-order valence-electron chi connectivity index (χ4n) is 1.05. The van der Waals surface area contributed by atoms with Crippen molar-refractivity contribution in [2.75, 3.05) is 5.43 Å². The molecule has 1 radical (unpaired) electrons. The molecule has 0 atom stereocenters. The van der Waals surface area contributed by atoms with Gasteiger partial charge < -0.3 is 0 Å². The number of rotatable bonds is 1. The molecule has 2 rings (SSSR count). The van der Waals surface area contributed by atoms with Gasteiger partial charge in [-0.2, -0.15) is 0 Å². The molecule has 2 amide bonds. The van der Waals surface area contributed by atoms with Gasteiger partial charge in [0.25, 0.3) is 0 Å². The lowest BCUT2D eigenvalue weighted by Gasteiger charge is -1.98. The van der Waals surface area contributed by atoms with Crippen LogP contribution in [0, 0.1) is 0 Å². The molecule has 1 aromatic carbocycles. The molecule has 13 heavy (non-hydrogen) atoms. The third-order valence-electron chi connectivity index (χ3n) is 1.56. The molecule has 2 aromatic rings. The average Bonchev–Trinajstić information content (AvgIpc) is 2.48. The van der Waals surface area contributed by atoms with Crippen molar-refractivity contribution < 1.29 is 4.79 Å². The molecule has 0 bridgehead atoms. The topological polar surface area (TPSA) is 83.6 Å². The van der Waals surface area contributed by atoms with E-state index in [4.69, 9.17) is 5.73 Å². The molecule has 0 aliphatic carbocycles. The lowest BCUT2D eigenvalue weighted by molar-refractivity contribution is 0.255. The maximum absolute atomic E-state index is 10.4. The van der Waals surface area contributed by atoms with Gasteiger partial charge in [-0.3, -0.25) is 0 Å². The highest BCUT2D eigenvalue weighted by Gasteiger charge is 2.03. The molecule has 0 saturated carbocycles.